The number of hydrogen-bond donors (Lipinski definition) is 1. The van der Waals surface area contributed by atoms with E-state index in [2.05, 4.69) is 15.5 Å². The molecule has 8 nitrogen and oxygen atoms in total. The molecule has 1 aromatic carbocycles. The fraction of sp³-hybridized carbons (Fsp3) is 0.300. The van der Waals surface area contributed by atoms with E-state index in [-0.39, 0.29) is 28.1 Å². The number of halogens is 2. The molecule has 0 spiro atoms. The molecule has 5 rings (SSSR count). The molecule has 1 amide bonds. The van der Waals surface area contributed by atoms with Gasteiger partial charge in [-0.25, -0.2) is 4.39 Å². The van der Waals surface area contributed by atoms with Crippen LogP contribution >= 0.6 is 34.7 Å². The van der Waals surface area contributed by atoms with Crippen LogP contribution in [0.25, 0.3) is 16.0 Å². The minimum atomic E-state index is -0.609. The highest BCUT2D eigenvalue weighted by molar-refractivity contribution is 7.99. The van der Waals surface area contributed by atoms with Gasteiger partial charge in [0.25, 0.3) is 5.56 Å². The summed E-state index contributed by atoms with van der Waals surface area (Å²) in [6.07, 6.45) is 1.81. The van der Waals surface area contributed by atoms with Gasteiger partial charge in [-0.15, -0.1) is 21.5 Å². The fourth-order valence-electron chi connectivity index (χ4n) is 3.66. The van der Waals surface area contributed by atoms with Crippen LogP contribution in [0.3, 0.4) is 0 Å². The van der Waals surface area contributed by atoms with Crippen LogP contribution in [-0.2, 0) is 16.1 Å². The second-order valence-electron chi connectivity index (χ2n) is 7.26. The Bertz CT molecular complexity index is 1380. The van der Waals surface area contributed by atoms with Crippen molar-refractivity contribution in [1.29, 1.82) is 0 Å². The molecule has 3 aromatic heterocycles. The Balaban J connectivity index is 1.42. The van der Waals surface area contributed by atoms with Gasteiger partial charge < -0.3 is 10.1 Å². The number of thiophene rings is 1. The Hall–Kier alpha value is -2.47. The standard InChI is InChI=1S/C20H17ClFN5O3S2/c21-11-3-4-14(13(22)8-11)23-16(28)10-32-20-25-24-19-26(9-12-2-1-6-30-12)18(29)17-15(27(19)20)5-7-31-17/h3-5,7-8,12H,1-2,6,9-10H2,(H,23,28). The van der Waals surface area contributed by atoms with Crippen molar-refractivity contribution in [1.82, 2.24) is 19.2 Å². The van der Waals surface area contributed by atoms with E-state index in [1.165, 1.54) is 23.5 Å². The molecule has 1 atom stereocenters. The van der Waals surface area contributed by atoms with Gasteiger partial charge >= 0.3 is 0 Å². The second kappa shape index (κ2) is 8.81. The monoisotopic (exact) mass is 493 g/mol. The number of ether oxygens (including phenoxy) is 1. The molecule has 1 aliphatic rings. The molecule has 0 radical (unpaired) electrons. The van der Waals surface area contributed by atoms with E-state index in [1.807, 2.05) is 11.4 Å². The number of nitrogens with one attached hydrogen (secondary N) is 1. The number of hydrogen-bond acceptors (Lipinski definition) is 7. The first kappa shape index (κ1) is 21.4. The minimum Gasteiger partial charge on any atom is -0.376 e. The van der Waals surface area contributed by atoms with Crippen molar-refractivity contribution in [3.63, 3.8) is 0 Å². The molecule has 1 N–H and O–H groups in total. The summed E-state index contributed by atoms with van der Waals surface area (Å²) in [5.74, 6) is -0.619. The molecule has 0 saturated carbocycles. The lowest BCUT2D eigenvalue weighted by atomic mass is 10.2. The zero-order chi connectivity index (χ0) is 22.2. The molecule has 1 unspecified atom stereocenters. The lowest BCUT2D eigenvalue weighted by molar-refractivity contribution is -0.113. The Morgan fingerprint density at radius 3 is 3.03 bits per heavy atom. The first-order valence-corrected chi connectivity index (χ1v) is 12.1. The summed E-state index contributed by atoms with van der Waals surface area (Å²) in [5.41, 5.74) is 0.616. The highest BCUT2D eigenvalue weighted by Crippen LogP contribution is 2.26. The topological polar surface area (TPSA) is 90.5 Å². The number of anilines is 1. The maximum atomic E-state index is 13.9. The summed E-state index contributed by atoms with van der Waals surface area (Å²) in [6.45, 7) is 1.09. The highest BCUT2D eigenvalue weighted by Gasteiger charge is 2.23. The van der Waals surface area contributed by atoms with Gasteiger partial charge in [0.1, 0.15) is 10.5 Å². The van der Waals surface area contributed by atoms with Gasteiger partial charge in [-0.05, 0) is 42.5 Å². The smallest absolute Gasteiger partial charge is 0.272 e. The van der Waals surface area contributed by atoms with Gasteiger partial charge in [0, 0.05) is 11.6 Å². The van der Waals surface area contributed by atoms with Crippen LogP contribution in [-0.4, -0.2) is 43.5 Å². The van der Waals surface area contributed by atoms with E-state index in [0.29, 0.717) is 34.3 Å². The summed E-state index contributed by atoms with van der Waals surface area (Å²) >= 11 is 8.25. The second-order valence-corrected chi connectivity index (χ2v) is 9.56. The summed E-state index contributed by atoms with van der Waals surface area (Å²) in [4.78, 5) is 25.4. The van der Waals surface area contributed by atoms with Crippen molar-refractivity contribution in [3.8, 4) is 0 Å². The van der Waals surface area contributed by atoms with Crippen molar-refractivity contribution in [2.24, 2.45) is 0 Å². The summed E-state index contributed by atoms with van der Waals surface area (Å²) in [5, 5.41) is 13.5. The van der Waals surface area contributed by atoms with Crippen molar-refractivity contribution in [3.05, 3.63) is 50.8 Å². The van der Waals surface area contributed by atoms with Crippen molar-refractivity contribution in [2.75, 3.05) is 17.7 Å². The number of thioether (sulfide) groups is 1. The molecule has 0 bridgehead atoms. The predicted molar refractivity (Wildman–Crippen MR) is 122 cm³/mol. The first-order valence-electron chi connectivity index (χ1n) is 9.85. The van der Waals surface area contributed by atoms with Crippen molar-refractivity contribution in [2.45, 2.75) is 30.6 Å². The van der Waals surface area contributed by atoms with Crippen LogP contribution in [0.5, 0.6) is 0 Å². The van der Waals surface area contributed by atoms with E-state index in [1.54, 1.807) is 8.97 Å². The molecule has 0 aliphatic carbocycles. The molecular weight excluding hydrogens is 477 g/mol. The third-order valence-corrected chi connectivity index (χ3v) is 7.19. The van der Waals surface area contributed by atoms with E-state index in [9.17, 15) is 14.0 Å². The first-order chi connectivity index (χ1) is 15.5. The maximum absolute atomic E-state index is 13.9. The van der Waals surface area contributed by atoms with E-state index in [4.69, 9.17) is 16.3 Å². The summed E-state index contributed by atoms with van der Waals surface area (Å²) < 4.78 is 23.6. The molecule has 4 heterocycles. The minimum absolute atomic E-state index is 0.0145. The highest BCUT2D eigenvalue weighted by atomic mass is 35.5. The molecule has 1 saturated heterocycles. The number of carbonyl (C=O) groups excluding carboxylic acids is 1. The number of rotatable bonds is 6. The Labute approximate surface area is 194 Å². The largest absolute Gasteiger partial charge is 0.376 e. The third-order valence-electron chi connectivity index (χ3n) is 5.13. The molecule has 1 fully saturated rings. The Morgan fingerprint density at radius 2 is 2.25 bits per heavy atom. The van der Waals surface area contributed by atoms with Crippen LogP contribution < -0.4 is 10.9 Å². The fourth-order valence-corrected chi connectivity index (χ4v) is 5.38. The average molecular weight is 494 g/mol. The van der Waals surface area contributed by atoms with Crippen LogP contribution in [0.1, 0.15) is 12.8 Å². The SMILES string of the molecule is O=C(CSc1nnc2n(CC3CCCO3)c(=O)c3sccc3n12)Nc1ccc(Cl)cc1F. The van der Waals surface area contributed by atoms with Crippen molar-refractivity contribution < 1.29 is 13.9 Å². The number of aromatic nitrogens is 4. The van der Waals surface area contributed by atoms with Crippen molar-refractivity contribution >= 4 is 62.3 Å². The average Bonchev–Trinajstić information content (AvgIpc) is 3.52. The summed E-state index contributed by atoms with van der Waals surface area (Å²) in [6, 6.07) is 5.88. The zero-order valence-corrected chi connectivity index (χ0v) is 19.0. The lowest BCUT2D eigenvalue weighted by Crippen LogP contribution is -2.28. The molecule has 12 heteroatoms. The van der Waals surface area contributed by atoms with Gasteiger partial charge in [-0.1, -0.05) is 23.4 Å². The van der Waals surface area contributed by atoms with Gasteiger partial charge in [-0.3, -0.25) is 18.6 Å². The lowest BCUT2D eigenvalue weighted by Gasteiger charge is -2.13. The van der Waals surface area contributed by atoms with E-state index >= 15 is 0 Å². The number of nitrogens with zero attached hydrogens (tertiary/aromatic N) is 4. The van der Waals surface area contributed by atoms with E-state index in [0.717, 1.165) is 30.7 Å². The van der Waals surface area contributed by atoms with Gasteiger partial charge in [0.15, 0.2) is 5.16 Å². The molecule has 166 valence electrons. The van der Waals surface area contributed by atoms with Gasteiger partial charge in [0.2, 0.25) is 11.7 Å². The molecule has 32 heavy (non-hydrogen) atoms. The molecule has 4 aromatic rings. The normalized spacial score (nSPS) is 16.2. The van der Waals surface area contributed by atoms with Crippen LogP contribution in [0.2, 0.25) is 5.02 Å². The number of benzene rings is 1. The van der Waals surface area contributed by atoms with Crippen LogP contribution in [0.4, 0.5) is 10.1 Å². The third kappa shape index (κ3) is 4.01. The van der Waals surface area contributed by atoms with Crippen LogP contribution in [0.15, 0.2) is 39.6 Å². The van der Waals surface area contributed by atoms with Gasteiger partial charge in [-0.2, -0.15) is 0 Å². The Kier molecular flexibility index (Phi) is 5.89. The Morgan fingerprint density at radius 1 is 1.38 bits per heavy atom. The van der Waals surface area contributed by atoms with E-state index < -0.39 is 11.7 Å². The van der Waals surface area contributed by atoms with Crippen LogP contribution in [0, 0.1) is 5.82 Å². The number of carbonyl (C=O) groups is 1. The molecule has 1 aliphatic heterocycles. The number of fused-ring (bicyclic) bond motifs is 3. The predicted octanol–water partition coefficient (Wildman–Crippen LogP) is 3.81. The van der Waals surface area contributed by atoms with Gasteiger partial charge in [0.05, 0.1) is 29.6 Å². The quantitative estimate of drug-likeness (QED) is 0.411. The zero-order valence-electron chi connectivity index (χ0n) is 16.6. The molecular formula is C20H17ClFN5O3S2. The summed E-state index contributed by atoms with van der Waals surface area (Å²) in [7, 11) is 0. The number of amides is 1. The maximum Gasteiger partial charge on any atom is 0.272 e.